The molecule has 3 rings (SSSR count). The molecule has 9 heteroatoms. The molecule has 1 heterocycles. The number of benzene rings is 2. The van der Waals surface area contributed by atoms with E-state index in [1.54, 1.807) is 26.8 Å². The average molecular weight is 422 g/mol. The highest BCUT2D eigenvalue weighted by atomic mass is 32.2. The number of anilines is 1. The van der Waals surface area contributed by atoms with Crippen molar-refractivity contribution < 1.29 is 27.1 Å². The molecule has 2 aromatic rings. The van der Waals surface area contributed by atoms with Gasteiger partial charge in [-0.2, -0.15) is 4.72 Å². The summed E-state index contributed by atoms with van der Waals surface area (Å²) >= 11 is 0. The van der Waals surface area contributed by atoms with E-state index in [2.05, 4.69) is 10.0 Å². The van der Waals surface area contributed by atoms with Crippen LogP contribution in [-0.2, 0) is 14.8 Å². The Bertz CT molecular complexity index is 1020. The third-order valence-electron chi connectivity index (χ3n) is 4.49. The van der Waals surface area contributed by atoms with E-state index in [0.717, 1.165) is 0 Å². The smallest absolute Gasteiger partial charge is 0.242 e. The fourth-order valence-corrected chi connectivity index (χ4v) is 4.17. The first-order valence-electron chi connectivity index (χ1n) is 9.16. The Kier molecular flexibility index (Phi) is 6.09. The number of rotatable bonds is 6. The van der Waals surface area contributed by atoms with E-state index in [4.69, 9.17) is 9.47 Å². The van der Waals surface area contributed by atoms with Gasteiger partial charge in [0.25, 0.3) is 0 Å². The van der Waals surface area contributed by atoms with Crippen molar-refractivity contribution in [3.8, 4) is 11.5 Å². The summed E-state index contributed by atoms with van der Waals surface area (Å²) in [5, 5.41) is 2.56. The van der Waals surface area contributed by atoms with Gasteiger partial charge in [0.2, 0.25) is 15.9 Å². The summed E-state index contributed by atoms with van der Waals surface area (Å²) < 4.78 is 52.7. The Morgan fingerprint density at radius 1 is 1.07 bits per heavy atom. The van der Waals surface area contributed by atoms with Crippen LogP contribution in [0.1, 0.15) is 19.4 Å². The summed E-state index contributed by atoms with van der Waals surface area (Å²) in [7, 11) is -4.01. The number of fused-ring (bicyclic) bond motifs is 1. The second kappa shape index (κ2) is 8.38. The molecule has 0 saturated carbocycles. The summed E-state index contributed by atoms with van der Waals surface area (Å²) in [6.07, 6.45) is 0. The second-order valence-corrected chi connectivity index (χ2v) is 8.82. The van der Waals surface area contributed by atoms with E-state index in [0.29, 0.717) is 30.3 Å². The Balaban J connectivity index is 1.80. The molecule has 0 radical (unpaired) electrons. The molecule has 1 aliphatic rings. The van der Waals surface area contributed by atoms with Crippen molar-refractivity contribution in [3.63, 3.8) is 0 Å². The van der Waals surface area contributed by atoms with Crippen molar-refractivity contribution in [2.75, 3.05) is 18.5 Å². The molecule has 29 heavy (non-hydrogen) atoms. The lowest BCUT2D eigenvalue weighted by molar-refractivity contribution is -0.118. The monoisotopic (exact) mass is 422 g/mol. The van der Waals surface area contributed by atoms with Crippen LogP contribution in [0.5, 0.6) is 11.5 Å². The number of amides is 1. The summed E-state index contributed by atoms with van der Waals surface area (Å²) in [6.45, 7) is 5.76. The predicted octanol–water partition coefficient (Wildman–Crippen LogP) is 2.85. The topological polar surface area (TPSA) is 93.7 Å². The first kappa shape index (κ1) is 21.1. The molecule has 0 aromatic heterocycles. The van der Waals surface area contributed by atoms with Gasteiger partial charge in [-0.25, -0.2) is 12.8 Å². The number of carbonyl (C=O) groups is 1. The maximum atomic E-state index is 13.7. The maximum Gasteiger partial charge on any atom is 0.242 e. The minimum atomic E-state index is -4.01. The van der Waals surface area contributed by atoms with Crippen molar-refractivity contribution in [1.82, 2.24) is 4.72 Å². The van der Waals surface area contributed by atoms with Crippen LogP contribution in [0.25, 0.3) is 0 Å². The molecule has 0 saturated heterocycles. The van der Waals surface area contributed by atoms with Gasteiger partial charge in [0.15, 0.2) is 11.5 Å². The van der Waals surface area contributed by atoms with Crippen LogP contribution >= 0.6 is 0 Å². The third-order valence-corrected chi connectivity index (χ3v) is 5.93. The van der Waals surface area contributed by atoms with Crippen LogP contribution in [0.3, 0.4) is 0 Å². The lowest BCUT2D eigenvalue weighted by atomic mass is 10.0. The Morgan fingerprint density at radius 2 is 1.76 bits per heavy atom. The van der Waals surface area contributed by atoms with Gasteiger partial charge in [-0.15, -0.1) is 0 Å². The zero-order valence-corrected chi connectivity index (χ0v) is 17.2. The van der Waals surface area contributed by atoms with Gasteiger partial charge in [-0.1, -0.05) is 19.9 Å². The van der Waals surface area contributed by atoms with Gasteiger partial charge in [0.05, 0.1) is 4.90 Å². The SMILES string of the molecule is Cc1ccc(NC(=O)[C@@H](NS(=O)(=O)c2ccc3c(c2)OCCO3)C(C)C)cc1F. The normalized spacial score (nSPS) is 14.5. The fourth-order valence-electron chi connectivity index (χ4n) is 2.81. The Hall–Kier alpha value is -2.65. The molecule has 0 bridgehead atoms. The lowest BCUT2D eigenvalue weighted by Gasteiger charge is -2.23. The van der Waals surface area contributed by atoms with Gasteiger partial charge in [-0.3, -0.25) is 4.79 Å². The number of ether oxygens (including phenoxy) is 2. The van der Waals surface area contributed by atoms with Crippen LogP contribution in [0.15, 0.2) is 41.3 Å². The van der Waals surface area contributed by atoms with Gasteiger partial charge in [0, 0.05) is 11.8 Å². The minimum Gasteiger partial charge on any atom is -0.486 e. The van der Waals surface area contributed by atoms with Crippen LogP contribution in [0.4, 0.5) is 10.1 Å². The molecule has 0 spiro atoms. The molecule has 0 unspecified atom stereocenters. The van der Waals surface area contributed by atoms with Crippen molar-refractivity contribution in [3.05, 3.63) is 47.8 Å². The van der Waals surface area contributed by atoms with E-state index in [-0.39, 0.29) is 16.5 Å². The minimum absolute atomic E-state index is 0.0402. The number of hydrogen-bond acceptors (Lipinski definition) is 5. The summed E-state index contributed by atoms with van der Waals surface area (Å²) in [6, 6.07) is 7.50. The molecule has 2 aromatic carbocycles. The molecule has 0 aliphatic carbocycles. The summed E-state index contributed by atoms with van der Waals surface area (Å²) in [4.78, 5) is 12.6. The van der Waals surface area contributed by atoms with Gasteiger partial charge in [0.1, 0.15) is 25.1 Å². The third kappa shape index (κ3) is 4.86. The molecule has 2 N–H and O–H groups in total. The number of halogens is 1. The number of hydrogen-bond donors (Lipinski definition) is 2. The summed E-state index contributed by atoms with van der Waals surface area (Å²) in [5.41, 5.74) is 0.699. The van der Waals surface area contributed by atoms with E-state index in [1.165, 1.54) is 30.3 Å². The van der Waals surface area contributed by atoms with Crippen molar-refractivity contribution in [2.24, 2.45) is 5.92 Å². The molecule has 1 amide bonds. The standard InChI is InChI=1S/C20H23FN2O5S/c1-12(2)19(20(24)22-14-5-4-13(3)16(21)10-14)23-29(25,26)15-6-7-17-18(11-15)28-9-8-27-17/h4-7,10-12,19,23H,8-9H2,1-3H3,(H,22,24)/t19-/m0/s1. The highest BCUT2D eigenvalue weighted by Gasteiger charge is 2.29. The summed E-state index contributed by atoms with van der Waals surface area (Å²) in [5.74, 6) is -0.586. The van der Waals surface area contributed by atoms with Crippen LogP contribution in [0.2, 0.25) is 0 Å². The highest BCUT2D eigenvalue weighted by molar-refractivity contribution is 7.89. The number of carbonyl (C=O) groups excluding carboxylic acids is 1. The Morgan fingerprint density at radius 3 is 2.41 bits per heavy atom. The van der Waals surface area contributed by atoms with Crippen LogP contribution in [0, 0.1) is 18.7 Å². The molecule has 7 nitrogen and oxygen atoms in total. The van der Waals surface area contributed by atoms with E-state index < -0.39 is 27.8 Å². The van der Waals surface area contributed by atoms with Crippen LogP contribution < -0.4 is 19.5 Å². The molecule has 1 aliphatic heterocycles. The van der Waals surface area contributed by atoms with Gasteiger partial charge < -0.3 is 14.8 Å². The lowest BCUT2D eigenvalue weighted by Crippen LogP contribution is -2.47. The zero-order valence-electron chi connectivity index (χ0n) is 16.4. The number of sulfonamides is 1. The molecule has 1 atom stereocenters. The molecular formula is C20H23FN2O5S. The van der Waals surface area contributed by atoms with Gasteiger partial charge >= 0.3 is 0 Å². The fraction of sp³-hybridized carbons (Fsp3) is 0.350. The number of nitrogens with one attached hydrogen (secondary N) is 2. The van der Waals surface area contributed by atoms with E-state index in [9.17, 15) is 17.6 Å². The first-order chi connectivity index (χ1) is 13.7. The molecular weight excluding hydrogens is 399 g/mol. The van der Waals surface area contributed by atoms with Crippen molar-refractivity contribution in [2.45, 2.75) is 31.7 Å². The maximum absolute atomic E-state index is 13.7. The highest BCUT2D eigenvalue weighted by Crippen LogP contribution is 2.32. The van der Waals surface area contributed by atoms with E-state index in [1.807, 2.05) is 0 Å². The molecule has 0 fully saturated rings. The van der Waals surface area contributed by atoms with Crippen molar-refractivity contribution in [1.29, 1.82) is 0 Å². The predicted molar refractivity (Wildman–Crippen MR) is 106 cm³/mol. The van der Waals surface area contributed by atoms with Gasteiger partial charge in [-0.05, 0) is 42.7 Å². The van der Waals surface area contributed by atoms with Crippen LogP contribution in [-0.4, -0.2) is 33.6 Å². The average Bonchev–Trinajstić information content (AvgIpc) is 2.68. The zero-order chi connectivity index (χ0) is 21.2. The van der Waals surface area contributed by atoms with E-state index >= 15 is 0 Å². The molecule has 156 valence electrons. The largest absolute Gasteiger partial charge is 0.486 e. The Labute approximate surface area is 169 Å². The number of aryl methyl sites for hydroxylation is 1. The first-order valence-corrected chi connectivity index (χ1v) is 10.6. The second-order valence-electron chi connectivity index (χ2n) is 7.10. The van der Waals surface area contributed by atoms with Crippen molar-refractivity contribution >= 4 is 21.6 Å². The quantitative estimate of drug-likeness (QED) is 0.747.